The highest BCUT2D eigenvalue weighted by molar-refractivity contribution is 9.10. The van der Waals surface area contributed by atoms with Gasteiger partial charge in [-0.3, -0.25) is 4.79 Å². The molecular formula is C16H14BrNO2. The van der Waals surface area contributed by atoms with Gasteiger partial charge in [0.1, 0.15) is 5.75 Å². The molecule has 0 unspecified atom stereocenters. The van der Waals surface area contributed by atoms with Gasteiger partial charge in [0.15, 0.2) is 5.78 Å². The van der Waals surface area contributed by atoms with Crippen LogP contribution < -0.4 is 10.1 Å². The first kappa shape index (κ1) is 14.3. The minimum Gasteiger partial charge on any atom is -0.497 e. The predicted octanol–water partition coefficient (Wildman–Crippen LogP) is 4.27. The average Bonchev–Trinajstić information content (AvgIpc) is 2.47. The zero-order valence-electron chi connectivity index (χ0n) is 11.0. The van der Waals surface area contributed by atoms with E-state index in [9.17, 15) is 4.79 Å². The Morgan fingerprint density at radius 1 is 1.20 bits per heavy atom. The van der Waals surface area contributed by atoms with E-state index in [1.54, 1.807) is 37.6 Å². The van der Waals surface area contributed by atoms with E-state index >= 15 is 0 Å². The molecule has 0 heterocycles. The van der Waals surface area contributed by atoms with Gasteiger partial charge in [-0.15, -0.1) is 0 Å². The van der Waals surface area contributed by atoms with E-state index in [4.69, 9.17) is 4.74 Å². The highest BCUT2D eigenvalue weighted by Gasteiger charge is 2.01. The van der Waals surface area contributed by atoms with Crippen LogP contribution in [0.15, 0.2) is 65.3 Å². The molecule has 0 aliphatic heterocycles. The lowest BCUT2D eigenvalue weighted by molar-refractivity contribution is 0.104. The Morgan fingerprint density at radius 3 is 2.60 bits per heavy atom. The van der Waals surface area contributed by atoms with Gasteiger partial charge in [0.05, 0.1) is 7.11 Å². The molecule has 3 nitrogen and oxygen atoms in total. The molecule has 2 aromatic carbocycles. The SMILES string of the molecule is COc1ccc(C(=O)C=CNc2cccc(Br)c2)cc1. The standard InChI is InChI=1S/C16H14BrNO2/c1-20-15-7-5-12(6-8-15)16(19)9-10-18-14-4-2-3-13(17)11-14/h2-11,18H,1H3. The van der Waals surface area contributed by atoms with E-state index in [2.05, 4.69) is 21.2 Å². The molecule has 0 aliphatic rings. The van der Waals surface area contributed by atoms with Crippen molar-refractivity contribution >= 4 is 27.4 Å². The molecule has 0 aromatic heterocycles. The largest absolute Gasteiger partial charge is 0.497 e. The van der Waals surface area contributed by atoms with Crippen LogP contribution >= 0.6 is 15.9 Å². The van der Waals surface area contributed by atoms with Gasteiger partial charge in [-0.05, 0) is 42.5 Å². The van der Waals surface area contributed by atoms with Crippen molar-refractivity contribution in [2.45, 2.75) is 0 Å². The average molecular weight is 332 g/mol. The third-order valence-electron chi connectivity index (χ3n) is 2.68. The number of allylic oxidation sites excluding steroid dienone is 1. The fourth-order valence-electron chi connectivity index (χ4n) is 1.64. The first-order valence-electron chi connectivity index (χ1n) is 6.06. The van der Waals surface area contributed by atoms with Crippen molar-refractivity contribution in [1.29, 1.82) is 0 Å². The van der Waals surface area contributed by atoms with Gasteiger partial charge in [-0.1, -0.05) is 22.0 Å². The van der Waals surface area contributed by atoms with E-state index in [1.807, 2.05) is 24.3 Å². The molecule has 0 atom stereocenters. The summed E-state index contributed by atoms with van der Waals surface area (Å²) in [6.07, 6.45) is 3.14. The van der Waals surface area contributed by atoms with Gasteiger partial charge in [0, 0.05) is 28.0 Å². The number of hydrogen-bond acceptors (Lipinski definition) is 3. The topological polar surface area (TPSA) is 38.3 Å². The summed E-state index contributed by atoms with van der Waals surface area (Å²) in [7, 11) is 1.60. The lowest BCUT2D eigenvalue weighted by Crippen LogP contribution is -1.96. The molecule has 1 N–H and O–H groups in total. The maximum absolute atomic E-state index is 11.9. The number of anilines is 1. The molecule has 4 heteroatoms. The number of ether oxygens (including phenoxy) is 1. The fraction of sp³-hybridized carbons (Fsp3) is 0.0625. The van der Waals surface area contributed by atoms with Crippen LogP contribution in [0.1, 0.15) is 10.4 Å². The van der Waals surface area contributed by atoms with Gasteiger partial charge >= 0.3 is 0 Å². The molecule has 0 bridgehead atoms. The van der Waals surface area contributed by atoms with E-state index in [0.717, 1.165) is 15.9 Å². The Labute approximate surface area is 126 Å². The molecule has 20 heavy (non-hydrogen) atoms. The number of ketones is 1. The summed E-state index contributed by atoms with van der Waals surface area (Å²) in [5, 5.41) is 3.05. The molecule has 0 radical (unpaired) electrons. The number of carbonyl (C=O) groups excluding carboxylic acids is 1. The minimum atomic E-state index is -0.0600. The fourth-order valence-corrected chi connectivity index (χ4v) is 2.04. The Morgan fingerprint density at radius 2 is 1.95 bits per heavy atom. The molecule has 0 saturated carbocycles. The maximum Gasteiger partial charge on any atom is 0.187 e. The highest BCUT2D eigenvalue weighted by Crippen LogP contribution is 2.16. The number of hydrogen-bond donors (Lipinski definition) is 1. The number of rotatable bonds is 5. The molecule has 0 amide bonds. The predicted molar refractivity (Wildman–Crippen MR) is 84.2 cm³/mol. The number of methoxy groups -OCH3 is 1. The molecule has 2 rings (SSSR count). The number of benzene rings is 2. The smallest absolute Gasteiger partial charge is 0.187 e. The van der Waals surface area contributed by atoms with Gasteiger partial charge in [0.25, 0.3) is 0 Å². The number of halogens is 1. The van der Waals surface area contributed by atoms with Crippen LogP contribution in [0.3, 0.4) is 0 Å². The Bertz CT molecular complexity index is 621. The van der Waals surface area contributed by atoms with Crippen molar-refractivity contribution in [2.75, 3.05) is 12.4 Å². The molecule has 0 aliphatic carbocycles. The number of carbonyl (C=O) groups is 1. The third kappa shape index (κ3) is 3.96. The lowest BCUT2D eigenvalue weighted by atomic mass is 10.1. The summed E-state index contributed by atoms with van der Waals surface area (Å²) in [5.74, 6) is 0.674. The van der Waals surface area contributed by atoms with Gasteiger partial charge in [0.2, 0.25) is 0 Å². The van der Waals surface area contributed by atoms with Crippen LogP contribution in [0.25, 0.3) is 0 Å². The molecule has 102 valence electrons. The Balaban J connectivity index is 1.98. The van der Waals surface area contributed by atoms with Gasteiger partial charge in [-0.2, -0.15) is 0 Å². The molecule has 0 spiro atoms. The normalized spacial score (nSPS) is 10.5. The first-order valence-corrected chi connectivity index (χ1v) is 6.85. The lowest BCUT2D eigenvalue weighted by Gasteiger charge is -2.01. The summed E-state index contributed by atoms with van der Waals surface area (Å²) in [6.45, 7) is 0. The van der Waals surface area contributed by atoms with Crippen molar-refractivity contribution in [1.82, 2.24) is 0 Å². The van der Waals surface area contributed by atoms with Crippen LogP contribution in [0.5, 0.6) is 5.75 Å². The van der Waals surface area contributed by atoms with Crippen molar-refractivity contribution in [2.24, 2.45) is 0 Å². The second-order valence-electron chi connectivity index (χ2n) is 4.08. The Kier molecular flexibility index (Phi) is 4.96. The first-order chi connectivity index (χ1) is 9.69. The Hall–Kier alpha value is -2.07. The van der Waals surface area contributed by atoms with E-state index < -0.39 is 0 Å². The van der Waals surface area contributed by atoms with Gasteiger partial charge < -0.3 is 10.1 Å². The summed E-state index contributed by atoms with van der Waals surface area (Å²) in [4.78, 5) is 11.9. The molecule has 0 fully saturated rings. The third-order valence-corrected chi connectivity index (χ3v) is 3.18. The van der Waals surface area contributed by atoms with E-state index in [-0.39, 0.29) is 5.78 Å². The molecule has 0 saturated heterocycles. The van der Waals surface area contributed by atoms with Crippen molar-refractivity contribution in [3.8, 4) is 5.75 Å². The van der Waals surface area contributed by atoms with Crippen molar-refractivity contribution < 1.29 is 9.53 Å². The van der Waals surface area contributed by atoms with Gasteiger partial charge in [-0.25, -0.2) is 0 Å². The second-order valence-corrected chi connectivity index (χ2v) is 5.00. The summed E-state index contributed by atoms with van der Waals surface area (Å²) in [6, 6.07) is 14.7. The monoisotopic (exact) mass is 331 g/mol. The minimum absolute atomic E-state index is 0.0600. The molecule has 2 aromatic rings. The van der Waals surface area contributed by atoms with E-state index in [0.29, 0.717) is 5.56 Å². The zero-order chi connectivity index (χ0) is 14.4. The highest BCUT2D eigenvalue weighted by atomic mass is 79.9. The van der Waals surface area contributed by atoms with Crippen LogP contribution in [-0.2, 0) is 0 Å². The maximum atomic E-state index is 11.9. The van der Waals surface area contributed by atoms with Crippen molar-refractivity contribution in [3.05, 3.63) is 70.8 Å². The van der Waals surface area contributed by atoms with Crippen LogP contribution in [0.4, 0.5) is 5.69 Å². The van der Waals surface area contributed by atoms with E-state index in [1.165, 1.54) is 6.08 Å². The zero-order valence-corrected chi connectivity index (χ0v) is 12.6. The summed E-state index contributed by atoms with van der Waals surface area (Å²) in [5.41, 5.74) is 1.54. The van der Waals surface area contributed by atoms with Crippen LogP contribution in [0.2, 0.25) is 0 Å². The summed E-state index contributed by atoms with van der Waals surface area (Å²) >= 11 is 3.39. The van der Waals surface area contributed by atoms with Crippen LogP contribution in [0, 0.1) is 0 Å². The van der Waals surface area contributed by atoms with Crippen LogP contribution in [-0.4, -0.2) is 12.9 Å². The number of nitrogens with one attached hydrogen (secondary N) is 1. The molecular weight excluding hydrogens is 318 g/mol. The second kappa shape index (κ2) is 6.91. The van der Waals surface area contributed by atoms with Crippen molar-refractivity contribution in [3.63, 3.8) is 0 Å². The quantitative estimate of drug-likeness (QED) is 0.656. The summed E-state index contributed by atoms with van der Waals surface area (Å²) < 4.78 is 6.04.